The fraction of sp³-hybridized carbons (Fsp3) is 0.400. The van der Waals surface area contributed by atoms with Crippen LogP contribution in [0.5, 0.6) is 0 Å². The van der Waals surface area contributed by atoms with Gasteiger partial charge in [0.25, 0.3) is 0 Å². The van der Waals surface area contributed by atoms with E-state index in [2.05, 4.69) is 95.8 Å². The van der Waals surface area contributed by atoms with Crippen LogP contribution in [-0.2, 0) is 0 Å². The zero-order chi connectivity index (χ0) is 20.9. The van der Waals surface area contributed by atoms with Gasteiger partial charge in [-0.25, -0.2) is 4.98 Å². The van der Waals surface area contributed by atoms with Crippen molar-refractivity contribution in [2.45, 2.75) is 6.42 Å². The Morgan fingerprint density at radius 3 is 2.24 bits per heavy atom. The highest BCUT2D eigenvalue weighted by atomic mass is 79.9. The predicted molar refractivity (Wildman–Crippen MR) is 170 cm³/mol. The van der Waals surface area contributed by atoms with Crippen LogP contribution < -0.4 is 10.2 Å². The summed E-state index contributed by atoms with van der Waals surface area (Å²) < 4.78 is 0. The quantitative estimate of drug-likeness (QED) is 0.288. The second-order valence-electron chi connectivity index (χ2n) is 8.46. The summed E-state index contributed by atoms with van der Waals surface area (Å²) in [5.74, 6) is 0. The summed E-state index contributed by atoms with van der Waals surface area (Å²) in [5, 5.41) is 4.87. The molecule has 1 aliphatic rings. The smallest absolute Gasteiger partial charge is 0.0751 e. The van der Waals surface area contributed by atoms with Gasteiger partial charge in [0.1, 0.15) is 0 Å². The van der Waals surface area contributed by atoms with E-state index in [1.165, 1.54) is 16.6 Å². The molecule has 9 heteroatoms. The van der Waals surface area contributed by atoms with E-state index in [4.69, 9.17) is 4.98 Å². The van der Waals surface area contributed by atoms with Crippen molar-refractivity contribution >= 4 is 90.2 Å². The molecule has 0 radical (unpaired) electrons. The second-order valence-corrected chi connectivity index (χ2v) is 8.46. The SMILES string of the molecule is Br.Br.Br.Br.CN(C)CCCNc1ccccc1-c1cc(N2CCN(C)CC2)c2ccccc2n1. The zero-order valence-electron chi connectivity index (χ0n) is 20.1. The Morgan fingerprint density at radius 1 is 0.882 bits per heavy atom. The monoisotopic (exact) mass is 723 g/mol. The lowest BCUT2D eigenvalue weighted by Gasteiger charge is -2.35. The first-order chi connectivity index (χ1) is 14.6. The zero-order valence-corrected chi connectivity index (χ0v) is 26.9. The maximum Gasteiger partial charge on any atom is 0.0751 e. The van der Waals surface area contributed by atoms with Crippen LogP contribution in [0, 0.1) is 0 Å². The van der Waals surface area contributed by atoms with Gasteiger partial charge in [0, 0.05) is 55.0 Å². The summed E-state index contributed by atoms with van der Waals surface area (Å²) in [7, 11) is 6.44. The van der Waals surface area contributed by atoms with Gasteiger partial charge in [-0.15, -0.1) is 67.9 Å². The number of para-hydroxylation sites is 2. The van der Waals surface area contributed by atoms with Crippen molar-refractivity contribution in [3.8, 4) is 11.3 Å². The molecule has 1 N–H and O–H groups in total. The van der Waals surface area contributed by atoms with Crippen LogP contribution in [0.15, 0.2) is 54.6 Å². The van der Waals surface area contributed by atoms with Gasteiger partial charge in [0.05, 0.1) is 11.2 Å². The Hall–Kier alpha value is -0.710. The summed E-state index contributed by atoms with van der Waals surface area (Å²) >= 11 is 0. The molecule has 0 saturated carbocycles. The fourth-order valence-electron chi connectivity index (χ4n) is 4.08. The lowest BCUT2D eigenvalue weighted by Crippen LogP contribution is -2.44. The summed E-state index contributed by atoms with van der Waals surface area (Å²) in [5.41, 5.74) is 5.72. The normalized spacial score (nSPS) is 13.4. The van der Waals surface area contributed by atoms with Gasteiger partial charge in [0.2, 0.25) is 0 Å². The van der Waals surface area contributed by atoms with Crippen molar-refractivity contribution < 1.29 is 0 Å². The Kier molecular flexibility index (Phi) is 15.8. The number of hydrogen-bond donors (Lipinski definition) is 1. The highest BCUT2D eigenvalue weighted by Gasteiger charge is 2.18. The number of halogens is 4. The average Bonchev–Trinajstić information content (AvgIpc) is 2.77. The maximum absolute atomic E-state index is 5.05. The lowest BCUT2D eigenvalue weighted by atomic mass is 10.0. The molecule has 5 nitrogen and oxygen atoms in total. The van der Waals surface area contributed by atoms with Crippen molar-refractivity contribution in [1.29, 1.82) is 0 Å². The van der Waals surface area contributed by atoms with Crippen LogP contribution >= 0.6 is 67.9 Å². The number of nitrogens with one attached hydrogen (secondary N) is 1. The number of likely N-dealkylation sites (N-methyl/N-ethyl adjacent to an activating group) is 1. The van der Waals surface area contributed by atoms with E-state index in [0.29, 0.717) is 0 Å². The van der Waals surface area contributed by atoms with Crippen LogP contribution in [0.1, 0.15) is 6.42 Å². The minimum atomic E-state index is 0. The van der Waals surface area contributed by atoms with Gasteiger partial charge in [0.15, 0.2) is 0 Å². The van der Waals surface area contributed by atoms with E-state index in [-0.39, 0.29) is 67.9 Å². The molecule has 0 atom stereocenters. The van der Waals surface area contributed by atoms with Gasteiger partial charge < -0.3 is 20.0 Å². The average molecular weight is 727 g/mol. The lowest BCUT2D eigenvalue weighted by molar-refractivity contribution is 0.313. The number of nitrogens with zero attached hydrogens (tertiary/aromatic N) is 4. The summed E-state index contributed by atoms with van der Waals surface area (Å²) in [4.78, 5) is 12.2. The topological polar surface area (TPSA) is 34.6 Å². The molecule has 190 valence electrons. The van der Waals surface area contributed by atoms with Gasteiger partial charge in [-0.05, 0) is 52.3 Å². The largest absolute Gasteiger partial charge is 0.384 e. The number of anilines is 2. The van der Waals surface area contributed by atoms with Gasteiger partial charge >= 0.3 is 0 Å². The Balaban J connectivity index is 0.00000272. The molecule has 3 aromatic rings. The van der Waals surface area contributed by atoms with Gasteiger partial charge in [-0.2, -0.15) is 0 Å². The molecule has 0 spiro atoms. The van der Waals surface area contributed by atoms with Crippen molar-refractivity contribution in [1.82, 2.24) is 14.8 Å². The van der Waals surface area contributed by atoms with E-state index in [1.807, 2.05) is 0 Å². The number of piperazine rings is 1. The van der Waals surface area contributed by atoms with E-state index in [9.17, 15) is 0 Å². The van der Waals surface area contributed by atoms with E-state index < -0.39 is 0 Å². The highest BCUT2D eigenvalue weighted by molar-refractivity contribution is 8.93. The molecule has 2 heterocycles. The maximum atomic E-state index is 5.05. The number of hydrogen-bond acceptors (Lipinski definition) is 5. The number of pyridine rings is 1. The Bertz CT molecular complexity index is 994. The van der Waals surface area contributed by atoms with Crippen LogP contribution in [0.3, 0.4) is 0 Å². The molecule has 0 aliphatic carbocycles. The standard InChI is InChI=1S/C25H33N5.4BrH/c1-28(2)14-8-13-26-22-11-6-4-9-20(22)24-19-25(30-17-15-29(3)16-18-30)21-10-5-7-12-23(21)27-24;;;;/h4-7,9-12,19,26H,8,13-18H2,1-3H3;4*1H. The molecule has 2 aromatic carbocycles. The van der Waals surface area contributed by atoms with E-state index in [0.717, 1.165) is 62.6 Å². The molecular formula is C25H37Br4N5. The first-order valence-corrected chi connectivity index (χ1v) is 10.9. The molecule has 0 unspecified atom stereocenters. The van der Waals surface area contributed by atoms with Crippen molar-refractivity contribution in [3.05, 3.63) is 54.6 Å². The molecule has 34 heavy (non-hydrogen) atoms. The van der Waals surface area contributed by atoms with Gasteiger partial charge in [-0.1, -0.05) is 36.4 Å². The number of fused-ring (bicyclic) bond motifs is 1. The number of rotatable bonds is 7. The third kappa shape index (κ3) is 8.45. The van der Waals surface area contributed by atoms with Gasteiger partial charge in [-0.3, -0.25) is 0 Å². The predicted octanol–water partition coefficient (Wildman–Crippen LogP) is 6.33. The first-order valence-electron chi connectivity index (χ1n) is 10.9. The molecule has 1 aliphatic heterocycles. The van der Waals surface area contributed by atoms with Crippen molar-refractivity contribution in [2.75, 3.05) is 70.6 Å². The van der Waals surface area contributed by atoms with E-state index >= 15 is 0 Å². The fourth-order valence-corrected chi connectivity index (χ4v) is 4.08. The summed E-state index contributed by atoms with van der Waals surface area (Å²) in [6, 6.07) is 19.4. The van der Waals surface area contributed by atoms with Crippen LogP contribution in [0.4, 0.5) is 11.4 Å². The third-order valence-electron chi connectivity index (χ3n) is 5.84. The minimum absolute atomic E-state index is 0. The minimum Gasteiger partial charge on any atom is -0.384 e. The highest BCUT2D eigenvalue weighted by Crippen LogP contribution is 2.34. The molecule has 1 saturated heterocycles. The molecule has 0 amide bonds. The Morgan fingerprint density at radius 2 is 1.53 bits per heavy atom. The van der Waals surface area contributed by atoms with Crippen LogP contribution in [0.25, 0.3) is 22.2 Å². The second kappa shape index (κ2) is 16.1. The van der Waals surface area contributed by atoms with Crippen molar-refractivity contribution in [2.24, 2.45) is 0 Å². The number of benzene rings is 2. The molecular weight excluding hydrogens is 690 g/mol. The first kappa shape index (κ1) is 33.3. The molecule has 1 aromatic heterocycles. The van der Waals surface area contributed by atoms with E-state index in [1.54, 1.807) is 0 Å². The number of aromatic nitrogens is 1. The van der Waals surface area contributed by atoms with Crippen LogP contribution in [-0.4, -0.2) is 75.2 Å². The van der Waals surface area contributed by atoms with Crippen molar-refractivity contribution in [3.63, 3.8) is 0 Å². The summed E-state index contributed by atoms with van der Waals surface area (Å²) in [6.45, 7) is 6.32. The third-order valence-corrected chi connectivity index (χ3v) is 5.84. The molecule has 4 rings (SSSR count). The summed E-state index contributed by atoms with van der Waals surface area (Å²) in [6.07, 6.45) is 1.11. The molecule has 1 fully saturated rings. The Labute approximate surface area is 246 Å². The van der Waals surface area contributed by atoms with Crippen LogP contribution in [0.2, 0.25) is 0 Å². The molecule has 0 bridgehead atoms.